The van der Waals surface area contributed by atoms with Crippen LogP contribution in [0, 0.1) is 0 Å². The van der Waals surface area contributed by atoms with Gasteiger partial charge in [-0.15, -0.1) is 0 Å². The van der Waals surface area contributed by atoms with Crippen molar-refractivity contribution in [1.82, 2.24) is 4.98 Å². The van der Waals surface area contributed by atoms with Gasteiger partial charge in [-0.25, -0.2) is 4.79 Å². The van der Waals surface area contributed by atoms with Gasteiger partial charge >= 0.3 is 6.03 Å². The van der Waals surface area contributed by atoms with E-state index in [4.69, 9.17) is 0 Å². The molecular weight excluding hydrogens is 310 g/mol. The minimum atomic E-state index is -0.244. The number of benzene rings is 2. The summed E-state index contributed by atoms with van der Waals surface area (Å²) in [6.45, 7) is 2.10. The fourth-order valence-corrected chi connectivity index (χ4v) is 2.56. The second kappa shape index (κ2) is 8.11. The van der Waals surface area contributed by atoms with Gasteiger partial charge in [-0.1, -0.05) is 31.2 Å². The number of aromatic nitrogens is 1. The highest BCUT2D eigenvalue weighted by molar-refractivity contribution is 5.99. The Balaban J connectivity index is 1.56. The summed E-state index contributed by atoms with van der Waals surface area (Å²) in [6, 6.07) is 19.5. The molecule has 3 aromatic rings. The molecule has 0 saturated carbocycles. The molecule has 0 aliphatic carbocycles. The van der Waals surface area contributed by atoms with Crippen LogP contribution in [-0.4, -0.2) is 11.0 Å². The Labute approximate surface area is 147 Å². The molecule has 3 rings (SSSR count). The van der Waals surface area contributed by atoms with Gasteiger partial charge in [-0.2, -0.15) is 0 Å². The largest absolute Gasteiger partial charge is 0.323 e. The van der Waals surface area contributed by atoms with Gasteiger partial charge in [-0.3, -0.25) is 4.98 Å². The molecule has 126 valence electrons. The van der Waals surface area contributed by atoms with Gasteiger partial charge in [0.15, 0.2) is 0 Å². The number of nitrogens with zero attached hydrogens (tertiary/aromatic N) is 1. The van der Waals surface area contributed by atoms with Crippen LogP contribution in [0.15, 0.2) is 73.1 Å². The van der Waals surface area contributed by atoms with E-state index in [2.05, 4.69) is 22.5 Å². The van der Waals surface area contributed by atoms with Gasteiger partial charge in [0.1, 0.15) is 0 Å². The summed E-state index contributed by atoms with van der Waals surface area (Å²) in [5.74, 6) is 0. The lowest BCUT2D eigenvalue weighted by Gasteiger charge is -2.09. The number of nitrogens with one attached hydrogen (secondary N) is 2. The van der Waals surface area contributed by atoms with E-state index in [0.29, 0.717) is 0 Å². The minimum absolute atomic E-state index is 0.244. The number of carbonyl (C=O) groups is 1. The van der Waals surface area contributed by atoms with E-state index in [1.807, 2.05) is 60.7 Å². The molecule has 0 bridgehead atoms. The summed E-state index contributed by atoms with van der Waals surface area (Å²) >= 11 is 0. The van der Waals surface area contributed by atoms with Crippen molar-refractivity contribution in [3.63, 3.8) is 0 Å². The monoisotopic (exact) mass is 331 g/mol. The Hall–Kier alpha value is -3.14. The van der Waals surface area contributed by atoms with Crippen LogP contribution in [0.3, 0.4) is 0 Å². The minimum Gasteiger partial charge on any atom is -0.308 e. The quantitative estimate of drug-likeness (QED) is 0.700. The second-order valence-corrected chi connectivity index (χ2v) is 5.86. The highest BCUT2D eigenvalue weighted by Crippen LogP contribution is 2.14. The maximum atomic E-state index is 12.1. The molecule has 0 fully saturated rings. The van der Waals surface area contributed by atoms with Crippen LogP contribution in [0.2, 0.25) is 0 Å². The van der Waals surface area contributed by atoms with Crippen LogP contribution in [0.5, 0.6) is 0 Å². The number of aryl methyl sites for hydroxylation is 1. The van der Waals surface area contributed by atoms with Gasteiger partial charge < -0.3 is 10.6 Å². The zero-order chi connectivity index (χ0) is 17.5. The third-order valence-corrected chi connectivity index (χ3v) is 3.99. The number of rotatable bonds is 5. The van der Waals surface area contributed by atoms with Crippen LogP contribution in [0.4, 0.5) is 16.2 Å². The molecule has 1 aromatic heterocycles. The summed E-state index contributed by atoms with van der Waals surface area (Å²) in [5.41, 5.74) is 5.19. The first kappa shape index (κ1) is 16.7. The standard InChI is InChI=1S/C21H21N3O/c1-2-16-3-7-19(8-4-16)23-21(25)24-20-9-5-17(6-10-20)15-18-11-13-22-14-12-18/h3-14H,2,15H2,1H3,(H2,23,24,25). The molecule has 4 heteroatoms. The molecule has 0 unspecified atom stereocenters. The van der Waals surface area contributed by atoms with Crippen LogP contribution in [-0.2, 0) is 12.8 Å². The molecule has 0 saturated heterocycles. The third kappa shape index (κ3) is 4.91. The Morgan fingerprint density at radius 2 is 1.24 bits per heavy atom. The van der Waals surface area contributed by atoms with Crippen molar-refractivity contribution in [2.45, 2.75) is 19.8 Å². The lowest BCUT2D eigenvalue weighted by molar-refractivity contribution is 0.262. The predicted octanol–water partition coefficient (Wildman–Crippen LogP) is 4.88. The van der Waals surface area contributed by atoms with Crippen molar-refractivity contribution in [3.05, 3.63) is 89.7 Å². The fourth-order valence-electron chi connectivity index (χ4n) is 2.56. The number of urea groups is 1. The molecule has 2 amide bonds. The van der Waals surface area contributed by atoms with E-state index in [1.54, 1.807) is 12.4 Å². The SMILES string of the molecule is CCc1ccc(NC(=O)Nc2ccc(Cc3ccncc3)cc2)cc1. The molecule has 0 aliphatic rings. The van der Waals surface area contributed by atoms with Crippen molar-refractivity contribution in [2.75, 3.05) is 10.6 Å². The van der Waals surface area contributed by atoms with E-state index < -0.39 is 0 Å². The first-order valence-corrected chi connectivity index (χ1v) is 8.38. The van der Waals surface area contributed by atoms with Crippen molar-refractivity contribution in [2.24, 2.45) is 0 Å². The molecule has 0 atom stereocenters. The van der Waals surface area contributed by atoms with E-state index in [-0.39, 0.29) is 6.03 Å². The predicted molar refractivity (Wildman–Crippen MR) is 102 cm³/mol. The van der Waals surface area contributed by atoms with Crippen molar-refractivity contribution >= 4 is 17.4 Å². The third-order valence-electron chi connectivity index (χ3n) is 3.99. The average Bonchev–Trinajstić information content (AvgIpc) is 2.65. The van der Waals surface area contributed by atoms with Crippen molar-refractivity contribution in [3.8, 4) is 0 Å². The van der Waals surface area contributed by atoms with Crippen LogP contribution in [0.25, 0.3) is 0 Å². The molecule has 2 N–H and O–H groups in total. The van der Waals surface area contributed by atoms with E-state index in [0.717, 1.165) is 24.2 Å². The van der Waals surface area contributed by atoms with E-state index >= 15 is 0 Å². The molecule has 1 heterocycles. The van der Waals surface area contributed by atoms with E-state index in [1.165, 1.54) is 16.7 Å². The highest BCUT2D eigenvalue weighted by atomic mass is 16.2. The molecule has 0 spiro atoms. The topological polar surface area (TPSA) is 54.0 Å². The first-order chi connectivity index (χ1) is 12.2. The van der Waals surface area contributed by atoms with Crippen LogP contribution < -0.4 is 10.6 Å². The van der Waals surface area contributed by atoms with Crippen LogP contribution >= 0.6 is 0 Å². The molecular formula is C21H21N3O. The normalized spacial score (nSPS) is 10.3. The summed E-state index contributed by atoms with van der Waals surface area (Å²) in [5, 5.41) is 5.69. The maximum absolute atomic E-state index is 12.1. The maximum Gasteiger partial charge on any atom is 0.323 e. The summed E-state index contributed by atoms with van der Waals surface area (Å²) in [7, 11) is 0. The first-order valence-electron chi connectivity index (χ1n) is 8.38. The number of anilines is 2. The summed E-state index contributed by atoms with van der Waals surface area (Å²) < 4.78 is 0. The lowest BCUT2D eigenvalue weighted by atomic mass is 10.1. The van der Waals surface area contributed by atoms with E-state index in [9.17, 15) is 4.79 Å². The van der Waals surface area contributed by atoms with Gasteiger partial charge in [0.05, 0.1) is 0 Å². The Kier molecular flexibility index (Phi) is 5.42. The Morgan fingerprint density at radius 1 is 0.760 bits per heavy atom. The van der Waals surface area contributed by atoms with Crippen LogP contribution in [0.1, 0.15) is 23.6 Å². The lowest BCUT2D eigenvalue weighted by Crippen LogP contribution is -2.19. The second-order valence-electron chi connectivity index (χ2n) is 5.86. The zero-order valence-electron chi connectivity index (χ0n) is 14.2. The molecule has 25 heavy (non-hydrogen) atoms. The van der Waals surface area contributed by atoms with Gasteiger partial charge in [0, 0.05) is 23.8 Å². The van der Waals surface area contributed by atoms with Gasteiger partial charge in [-0.05, 0) is 65.9 Å². The van der Waals surface area contributed by atoms with Gasteiger partial charge in [0.2, 0.25) is 0 Å². The molecule has 2 aromatic carbocycles. The van der Waals surface area contributed by atoms with Crippen molar-refractivity contribution < 1.29 is 4.79 Å². The van der Waals surface area contributed by atoms with Crippen molar-refractivity contribution in [1.29, 1.82) is 0 Å². The average molecular weight is 331 g/mol. The zero-order valence-corrected chi connectivity index (χ0v) is 14.2. The number of hydrogen-bond acceptors (Lipinski definition) is 2. The number of carbonyl (C=O) groups excluding carboxylic acids is 1. The number of amides is 2. The smallest absolute Gasteiger partial charge is 0.308 e. The van der Waals surface area contributed by atoms with Gasteiger partial charge in [0.25, 0.3) is 0 Å². The fraction of sp³-hybridized carbons (Fsp3) is 0.143. The molecule has 0 aliphatic heterocycles. The summed E-state index contributed by atoms with van der Waals surface area (Å²) in [4.78, 5) is 16.1. The highest BCUT2D eigenvalue weighted by Gasteiger charge is 2.03. The Morgan fingerprint density at radius 3 is 1.76 bits per heavy atom. The molecule has 0 radical (unpaired) electrons. The molecule has 4 nitrogen and oxygen atoms in total. The number of hydrogen-bond donors (Lipinski definition) is 2. The Bertz CT molecular complexity index is 812. The number of pyridine rings is 1. The summed E-state index contributed by atoms with van der Waals surface area (Å²) in [6.07, 6.45) is 5.42.